The van der Waals surface area contributed by atoms with Crippen molar-refractivity contribution in [1.82, 2.24) is 0 Å². The quantitative estimate of drug-likeness (QED) is 0.196. The normalized spacial score (nSPS) is 16.9. The van der Waals surface area contributed by atoms with Crippen molar-refractivity contribution in [1.29, 1.82) is 0 Å². The summed E-state index contributed by atoms with van der Waals surface area (Å²) < 4.78 is 0. The Morgan fingerprint density at radius 3 is 1.27 bits per heavy atom. The van der Waals surface area contributed by atoms with Gasteiger partial charge in [-0.15, -0.1) is 13.0 Å². The Morgan fingerprint density at radius 2 is 1.00 bits per heavy atom. The van der Waals surface area contributed by atoms with E-state index in [9.17, 15) is 0 Å². The average Bonchev–Trinajstić information content (AvgIpc) is 3.19. The van der Waals surface area contributed by atoms with Crippen LogP contribution in [0, 0.1) is 19.4 Å². The van der Waals surface area contributed by atoms with Crippen LogP contribution in [0.5, 0.6) is 0 Å². The van der Waals surface area contributed by atoms with Gasteiger partial charge in [-0.2, -0.15) is 11.1 Å². The van der Waals surface area contributed by atoms with Gasteiger partial charge in [0.05, 0.1) is 0 Å². The number of rotatable bonds is 1. The van der Waals surface area contributed by atoms with Gasteiger partial charge in [0, 0.05) is 10.2 Å². The van der Waals surface area contributed by atoms with Gasteiger partial charge in [-0.3, -0.25) is 6.08 Å². The second-order valence-electron chi connectivity index (χ2n) is 10.8. The molecule has 218 valence electrons. The van der Waals surface area contributed by atoms with Crippen molar-refractivity contribution in [3.63, 3.8) is 0 Å². The van der Waals surface area contributed by atoms with Gasteiger partial charge in [-0.05, 0) is 11.1 Å². The van der Waals surface area contributed by atoms with Gasteiger partial charge in [0.25, 0.3) is 0 Å². The van der Waals surface area contributed by atoms with Gasteiger partial charge in [0.15, 0.2) is 0 Å². The summed E-state index contributed by atoms with van der Waals surface area (Å²) in [5.74, 6) is 0.560. The van der Waals surface area contributed by atoms with Crippen LogP contribution in [0.4, 0.5) is 0 Å². The summed E-state index contributed by atoms with van der Waals surface area (Å²) in [7, 11) is 1.90. The molecule has 0 saturated heterocycles. The van der Waals surface area contributed by atoms with Crippen molar-refractivity contribution in [2.24, 2.45) is 5.92 Å². The van der Waals surface area contributed by atoms with Crippen LogP contribution in [0.15, 0.2) is 108 Å². The molecule has 0 aromatic heterocycles. The Balaban J connectivity index is 0.000000521. The van der Waals surface area contributed by atoms with Crippen molar-refractivity contribution < 1.29 is 21.7 Å². The molecule has 5 rings (SSSR count). The zero-order valence-corrected chi connectivity index (χ0v) is 29.4. The second kappa shape index (κ2) is 23.6. The van der Waals surface area contributed by atoms with Gasteiger partial charge >= 0.3 is 21.7 Å². The third kappa shape index (κ3) is 16.9. The number of hydrogen-bond donors (Lipinski definition) is 0. The van der Waals surface area contributed by atoms with E-state index >= 15 is 0 Å². The summed E-state index contributed by atoms with van der Waals surface area (Å²) in [6.07, 6.45) is 15.3. The maximum Gasteiger partial charge on any atom is 3.00 e. The van der Waals surface area contributed by atoms with Gasteiger partial charge in [-0.1, -0.05) is 181 Å². The molecule has 2 aliphatic carbocycles. The van der Waals surface area contributed by atoms with E-state index in [0.717, 1.165) is 12.8 Å². The molecule has 2 radical (unpaired) electrons. The molecule has 3 aromatic carbocycles. The summed E-state index contributed by atoms with van der Waals surface area (Å²) in [4.78, 5) is 0. The smallest absolute Gasteiger partial charge is 0.675 e. The van der Waals surface area contributed by atoms with Crippen molar-refractivity contribution in [3.05, 3.63) is 127 Å². The van der Waals surface area contributed by atoms with Crippen LogP contribution in [-0.4, -0.2) is 16.3 Å². The summed E-state index contributed by atoms with van der Waals surface area (Å²) >= 11 is 0. The number of nitrogens with one attached hydrogen (secondary N) is 1. The average molecular weight is 600 g/mol. The van der Waals surface area contributed by atoms with E-state index in [-0.39, 0.29) is 35.2 Å². The van der Waals surface area contributed by atoms with E-state index in [4.69, 9.17) is 5.73 Å². The summed E-state index contributed by atoms with van der Waals surface area (Å²) in [5.41, 5.74) is 14.5. The fraction of sp³-hybridized carbons (Fsp3) is 0.395. The molecule has 1 fully saturated rings. The molecule has 41 heavy (non-hydrogen) atoms. The van der Waals surface area contributed by atoms with Gasteiger partial charge in [0.1, 0.15) is 0 Å². The molecule has 0 bridgehead atoms. The molecule has 0 amide bonds. The molecule has 2 aliphatic rings. The van der Waals surface area contributed by atoms with Crippen LogP contribution >= 0.6 is 0 Å². The molecule has 1 nitrogen and oxygen atoms in total. The third-order valence-corrected chi connectivity index (χ3v) is 8.04. The van der Waals surface area contributed by atoms with Crippen LogP contribution in [0.1, 0.15) is 85.5 Å². The van der Waals surface area contributed by atoms with Crippen LogP contribution in [0.25, 0.3) is 16.9 Å². The van der Waals surface area contributed by atoms with Crippen molar-refractivity contribution >= 4 is 15.4 Å². The van der Waals surface area contributed by atoms with Crippen LogP contribution in [-0.2, 0) is 21.7 Å². The van der Waals surface area contributed by atoms with Crippen molar-refractivity contribution in [2.45, 2.75) is 91.5 Å². The van der Waals surface area contributed by atoms with E-state index < -0.39 is 0 Å². The predicted octanol–water partition coefficient (Wildman–Crippen LogP) is 10.4. The Labute approximate surface area is 271 Å². The second-order valence-corrected chi connectivity index (χ2v) is 11.6. The number of benzene rings is 3. The Kier molecular flexibility index (Phi) is 22.4. The molecule has 0 spiro atoms. The zero-order chi connectivity index (χ0) is 28.3. The standard InChI is InChI=1S/C12H10.C10H20N.C9H13.C6H7Si.CH3.Ti/c1-3-7-11(8-4-1)12-9-5-2-6-10-12;11-10-8-6-4-2-1-3-5-7-9-10;1-6-5-7(2)9(4)8(6)3;7-6-4-2-1-3-5-6;;/h1-10H;10-11H,1-9H2;6H,1-4H3;1-5H,7H2;1H3;/q;2*-1;;-1;+3. The summed E-state index contributed by atoms with van der Waals surface area (Å²) in [6.45, 7) is 8.67. The molecule has 0 heterocycles. The maximum absolute atomic E-state index is 7.68. The zero-order valence-electron chi connectivity index (χ0n) is 26.4. The first kappa shape index (κ1) is 39.0. The first-order valence-corrected chi connectivity index (χ1v) is 15.6. The maximum atomic E-state index is 7.68. The minimum Gasteiger partial charge on any atom is -0.675 e. The first-order valence-electron chi connectivity index (χ1n) is 14.8. The molecule has 0 aliphatic heterocycles. The molecule has 1 atom stereocenters. The van der Waals surface area contributed by atoms with E-state index in [1.54, 1.807) is 0 Å². The fourth-order valence-electron chi connectivity index (χ4n) is 4.71. The Morgan fingerprint density at radius 1 is 0.634 bits per heavy atom. The molecule has 1 N–H and O–H groups in total. The molecular weight excluding hydrogens is 546 g/mol. The van der Waals surface area contributed by atoms with Gasteiger partial charge in [0.2, 0.25) is 0 Å². The SMILES string of the molecule is CC1=[C-]C(C)C(C)=C1C.[CH3-].[NH-]C1CCCCCCCCC1.[SiH2]c1ccccc1.[Ti+3].c1ccc(-c2ccccc2)cc1. The van der Waals surface area contributed by atoms with Gasteiger partial charge < -0.3 is 13.2 Å². The minimum atomic E-state index is 0. The Bertz CT molecular complexity index is 1050. The first-order chi connectivity index (χ1) is 18.9. The van der Waals surface area contributed by atoms with Crippen LogP contribution in [0.2, 0.25) is 0 Å². The molecule has 1 unspecified atom stereocenters. The van der Waals surface area contributed by atoms with E-state index in [1.807, 2.05) is 40.6 Å². The molecule has 3 aromatic rings. The predicted molar refractivity (Wildman–Crippen MR) is 183 cm³/mol. The van der Waals surface area contributed by atoms with Crippen LogP contribution in [0.3, 0.4) is 0 Å². The van der Waals surface area contributed by atoms with Crippen molar-refractivity contribution in [3.8, 4) is 11.1 Å². The van der Waals surface area contributed by atoms with Crippen LogP contribution < -0.4 is 5.19 Å². The minimum absolute atomic E-state index is 0. The third-order valence-electron chi connectivity index (χ3n) is 7.57. The molecule has 1 saturated carbocycles. The van der Waals surface area contributed by atoms with Crippen molar-refractivity contribution in [2.75, 3.05) is 0 Å². The largest absolute Gasteiger partial charge is 3.00 e. The van der Waals surface area contributed by atoms with E-state index in [1.165, 1.54) is 78.0 Å². The Hall–Kier alpha value is -1.97. The topological polar surface area (TPSA) is 23.8 Å². The summed E-state index contributed by atoms with van der Waals surface area (Å²) in [5, 5.41) is 1.35. The summed E-state index contributed by atoms with van der Waals surface area (Å²) in [6, 6.07) is 31.3. The number of allylic oxidation sites excluding steroid dienone is 4. The van der Waals surface area contributed by atoms with Gasteiger partial charge in [-0.25, -0.2) is 5.57 Å². The monoisotopic (exact) mass is 599 g/mol. The molecule has 3 heteroatoms. The number of hydrogen-bond acceptors (Lipinski definition) is 0. The van der Waals surface area contributed by atoms with E-state index in [2.05, 4.69) is 94.4 Å². The van der Waals surface area contributed by atoms with E-state index in [0.29, 0.717) is 5.92 Å². The fourth-order valence-corrected chi connectivity index (χ4v) is 4.98. The molecular formula is C38H53NSiTi.